The van der Waals surface area contributed by atoms with Gasteiger partial charge in [0.2, 0.25) is 0 Å². The van der Waals surface area contributed by atoms with Crippen molar-refractivity contribution in [1.29, 1.82) is 0 Å². The summed E-state index contributed by atoms with van der Waals surface area (Å²) in [7, 11) is 5.48. The summed E-state index contributed by atoms with van der Waals surface area (Å²) in [6, 6.07) is 15.4. The van der Waals surface area contributed by atoms with Gasteiger partial charge in [0.15, 0.2) is 0 Å². The van der Waals surface area contributed by atoms with Crippen molar-refractivity contribution in [2.75, 3.05) is 28.4 Å². The van der Waals surface area contributed by atoms with Gasteiger partial charge in [-0.15, -0.1) is 0 Å². The van der Waals surface area contributed by atoms with Crippen molar-refractivity contribution in [3.8, 4) is 23.0 Å². The van der Waals surface area contributed by atoms with E-state index in [-0.39, 0.29) is 33.8 Å². The summed E-state index contributed by atoms with van der Waals surface area (Å²) in [5, 5.41) is 0. The third-order valence-electron chi connectivity index (χ3n) is 5.29. The molecule has 0 saturated carbocycles. The molecule has 4 amide bonds. The average Bonchev–Trinajstić information content (AvgIpc) is 2.97. The van der Waals surface area contributed by atoms with Crippen LogP contribution in [-0.4, -0.2) is 52.1 Å². The van der Waals surface area contributed by atoms with Crippen LogP contribution in [0.25, 0.3) is 0 Å². The number of carbonyl (C=O) groups excluding carboxylic acids is 4. The number of benzene rings is 3. The van der Waals surface area contributed by atoms with Crippen LogP contribution in [0.4, 0.5) is 0 Å². The summed E-state index contributed by atoms with van der Waals surface area (Å²) in [4.78, 5) is 50.9. The highest BCUT2D eigenvalue weighted by molar-refractivity contribution is 6.06. The highest BCUT2D eigenvalue weighted by atomic mass is 16.5. The maximum atomic E-state index is 12.9. The van der Waals surface area contributed by atoms with Gasteiger partial charge in [0.05, 0.1) is 50.7 Å². The molecule has 0 saturated heterocycles. The zero-order valence-corrected chi connectivity index (χ0v) is 21.0. The first-order valence-electron chi connectivity index (χ1n) is 11.1. The minimum Gasteiger partial charge on any atom is -0.496 e. The van der Waals surface area contributed by atoms with Gasteiger partial charge in [-0.25, -0.2) is 0 Å². The second-order valence-electron chi connectivity index (χ2n) is 7.47. The molecule has 3 aromatic carbocycles. The molecule has 3 aromatic rings. The quantitative estimate of drug-likeness (QED) is 0.327. The summed E-state index contributed by atoms with van der Waals surface area (Å²) in [6.07, 6.45) is 0. The smallest absolute Gasteiger partial charge is 0.273 e. The van der Waals surface area contributed by atoms with Gasteiger partial charge in [-0.2, -0.15) is 0 Å². The van der Waals surface area contributed by atoms with Crippen molar-refractivity contribution in [2.45, 2.75) is 0 Å². The molecular formula is C26H26N4O8. The number of hydrazine groups is 2. The van der Waals surface area contributed by atoms with E-state index in [1.165, 1.54) is 52.7 Å². The van der Waals surface area contributed by atoms with Crippen LogP contribution in [0.2, 0.25) is 0 Å². The molecule has 0 bridgehead atoms. The molecule has 3 rings (SSSR count). The SMILES string of the molecule is COc1ccccc1C(=O)NNC(=O)c1cc(C(=O)NNC(=O)c2ccccc2OC)c(OC)cc1OC. The number of methoxy groups -OCH3 is 4. The van der Waals surface area contributed by atoms with Gasteiger partial charge >= 0.3 is 0 Å². The zero-order valence-electron chi connectivity index (χ0n) is 21.0. The molecule has 0 aromatic heterocycles. The van der Waals surface area contributed by atoms with E-state index < -0.39 is 23.6 Å². The van der Waals surface area contributed by atoms with E-state index in [9.17, 15) is 19.2 Å². The molecule has 198 valence electrons. The molecule has 12 heteroatoms. The number of hydrogen-bond acceptors (Lipinski definition) is 8. The Bertz CT molecular complexity index is 1260. The van der Waals surface area contributed by atoms with Crippen molar-refractivity contribution < 1.29 is 38.1 Å². The Hall–Kier alpha value is -5.26. The lowest BCUT2D eigenvalue weighted by Gasteiger charge is -2.16. The Kier molecular flexibility index (Phi) is 9.08. The van der Waals surface area contributed by atoms with E-state index in [4.69, 9.17) is 18.9 Å². The van der Waals surface area contributed by atoms with Gasteiger partial charge in [-0.1, -0.05) is 24.3 Å². The van der Waals surface area contributed by atoms with Gasteiger partial charge in [-0.3, -0.25) is 40.9 Å². The summed E-state index contributed by atoms with van der Waals surface area (Å²) in [5.74, 6) is -2.04. The minimum absolute atomic E-state index is 0.0699. The lowest BCUT2D eigenvalue weighted by Crippen LogP contribution is -2.43. The van der Waals surface area contributed by atoms with E-state index in [0.29, 0.717) is 11.5 Å². The minimum atomic E-state index is -0.778. The number of carbonyl (C=O) groups is 4. The first-order valence-corrected chi connectivity index (χ1v) is 11.1. The van der Waals surface area contributed by atoms with Crippen LogP contribution in [0.3, 0.4) is 0 Å². The molecule has 0 aliphatic rings. The van der Waals surface area contributed by atoms with E-state index in [2.05, 4.69) is 21.7 Å². The second-order valence-corrected chi connectivity index (χ2v) is 7.47. The fourth-order valence-corrected chi connectivity index (χ4v) is 3.41. The molecule has 0 atom stereocenters. The predicted molar refractivity (Wildman–Crippen MR) is 135 cm³/mol. The Morgan fingerprint density at radius 1 is 0.447 bits per heavy atom. The molecular weight excluding hydrogens is 496 g/mol. The van der Waals surface area contributed by atoms with Crippen LogP contribution in [0.5, 0.6) is 23.0 Å². The number of nitrogens with one attached hydrogen (secondary N) is 4. The molecule has 0 fully saturated rings. The fourth-order valence-electron chi connectivity index (χ4n) is 3.41. The first kappa shape index (κ1) is 27.3. The molecule has 0 heterocycles. The van der Waals surface area contributed by atoms with Crippen LogP contribution in [-0.2, 0) is 0 Å². The zero-order chi connectivity index (χ0) is 27.7. The van der Waals surface area contributed by atoms with E-state index in [1.54, 1.807) is 36.4 Å². The highest BCUT2D eigenvalue weighted by Crippen LogP contribution is 2.29. The van der Waals surface area contributed by atoms with Crippen molar-refractivity contribution in [2.24, 2.45) is 0 Å². The molecule has 0 spiro atoms. The Morgan fingerprint density at radius 2 is 0.763 bits per heavy atom. The molecule has 0 unspecified atom stereocenters. The average molecular weight is 523 g/mol. The van der Waals surface area contributed by atoms with Gasteiger partial charge in [0, 0.05) is 6.07 Å². The third-order valence-corrected chi connectivity index (χ3v) is 5.29. The monoisotopic (exact) mass is 522 g/mol. The predicted octanol–water partition coefficient (Wildman–Crippen LogP) is 1.87. The third kappa shape index (κ3) is 6.10. The highest BCUT2D eigenvalue weighted by Gasteiger charge is 2.23. The van der Waals surface area contributed by atoms with E-state index >= 15 is 0 Å². The normalized spacial score (nSPS) is 10.0. The van der Waals surface area contributed by atoms with Crippen molar-refractivity contribution in [3.63, 3.8) is 0 Å². The maximum Gasteiger partial charge on any atom is 0.273 e. The standard InChI is InChI=1S/C26H26N4O8/c1-35-19-11-7-5-9-15(19)23(31)27-29-25(33)17-13-18(22(38-4)14-21(17)37-3)26(34)30-28-24(32)16-10-6-8-12-20(16)36-2/h5-14H,1-4H3,(H,27,31)(H,28,32)(H,29,33)(H,30,34). The Morgan fingerprint density at radius 3 is 1.11 bits per heavy atom. The van der Waals surface area contributed by atoms with E-state index in [0.717, 1.165) is 0 Å². The number of amides is 4. The first-order chi connectivity index (χ1) is 18.3. The summed E-state index contributed by atoms with van der Waals surface area (Å²) in [6.45, 7) is 0. The summed E-state index contributed by atoms with van der Waals surface area (Å²) >= 11 is 0. The molecule has 4 N–H and O–H groups in total. The number of hydrogen-bond donors (Lipinski definition) is 4. The van der Waals surface area contributed by atoms with Crippen LogP contribution >= 0.6 is 0 Å². The number of ether oxygens (including phenoxy) is 4. The van der Waals surface area contributed by atoms with Gasteiger partial charge in [0.1, 0.15) is 23.0 Å². The van der Waals surface area contributed by atoms with Crippen molar-refractivity contribution in [1.82, 2.24) is 21.7 Å². The van der Waals surface area contributed by atoms with Gasteiger partial charge < -0.3 is 18.9 Å². The Balaban J connectivity index is 1.78. The fraction of sp³-hybridized carbons (Fsp3) is 0.154. The molecule has 0 aliphatic carbocycles. The molecule has 0 radical (unpaired) electrons. The summed E-state index contributed by atoms with van der Waals surface area (Å²) in [5.41, 5.74) is 9.37. The Labute approximate surface area is 218 Å². The lowest BCUT2D eigenvalue weighted by atomic mass is 10.1. The summed E-state index contributed by atoms with van der Waals surface area (Å²) < 4.78 is 20.8. The van der Waals surface area contributed by atoms with Crippen LogP contribution < -0.4 is 40.7 Å². The number of rotatable bonds is 8. The van der Waals surface area contributed by atoms with Crippen LogP contribution in [0.1, 0.15) is 41.4 Å². The molecule has 12 nitrogen and oxygen atoms in total. The van der Waals surface area contributed by atoms with Gasteiger partial charge in [-0.05, 0) is 30.3 Å². The lowest BCUT2D eigenvalue weighted by molar-refractivity contribution is 0.0838. The topological polar surface area (TPSA) is 153 Å². The van der Waals surface area contributed by atoms with Crippen LogP contribution in [0, 0.1) is 0 Å². The number of para-hydroxylation sites is 2. The molecule has 38 heavy (non-hydrogen) atoms. The largest absolute Gasteiger partial charge is 0.496 e. The van der Waals surface area contributed by atoms with Crippen molar-refractivity contribution >= 4 is 23.6 Å². The van der Waals surface area contributed by atoms with E-state index in [1.807, 2.05) is 0 Å². The maximum absolute atomic E-state index is 12.9. The molecule has 0 aliphatic heterocycles. The van der Waals surface area contributed by atoms with Gasteiger partial charge in [0.25, 0.3) is 23.6 Å². The van der Waals surface area contributed by atoms with Crippen LogP contribution in [0.15, 0.2) is 60.7 Å². The second kappa shape index (κ2) is 12.6. The van der Waals surface area contributed by atoms with Crippen molar-refractivity contribution in [3.05, 3.63) is 82.9 Å².